The average Bonchev–Trinajstić information content (AvgIpc) is 3.37. The van der Waals surface area contributed by atoms with Gasteiger partial charge in [0, 0.05) is 29.9 Å². The van der Waals surface area contributed by atoms with Crippen LogP contribution in [0.2, 0.25) is 0 Å². The van der Waals surface area contributed by atoms with Gasteiger partial charge in [-0.15, -0.1) is 0 Å². The maximum absolute atomic E-state index is 13.5. The molecule has 0 aliphatic rings. The van der Waals surface area contributed by atoms with Crippen LogP contribution in [0.3, 0.4) is 0 Å². The average molecular weight is 594 g/mol. The molecular formula is C29H35N7O7. The first-order valence-corrected chi connectivity index (χ1v) is 13.5. The molecule has 3 rings (SSSR count). The van der Waals surface area contributed by atoms with Gasteiger partial charge in [0.05, 0.1) is 12.5 Å². The quantitative estimate of drug-likeness (QED) is 0.102. The van der Waals surface area contributed by atoms with E-state index in [4.69, 9.17) is 17.2 Å². The second-order valence-corrected chi connectivity index (χ2v) is 10.1. The normalized spacial score (nSPS) is 13.7. The van der Waals surface area contributed by atoms with Gasteiger partial charge in [-0.1, -0.05) is 48.5 Å². The Kier molecular flexibility index (Phi) is 11.3. The number of rotatable bonds is 16. The van der Waals surface area contributed by atoms with E-state index >= 15 is 0 Å². The summed E-state index contributed by atoms with van der Waals surface area (Å²) in [6.45, 7) is 0. The van der Waals surface area contributed by atoms with Gasteiger partial charge in [-0.25, -0.2) is 4.79 Å². The molecular weight excluding hydrogens is 558 g/mol. The Bertz CT molecular complexity index is 1470. The molecule has 0 aliphatic heterocycles. The molecule has 14 nitrogen and oxygen atoms in total. The highest BCUT2D eigenvalue weighted by Gasteiger charge is 2.31. The number of amides is 5. The van der Waals surface area contributed by atoms with Crippen molar-refractivity contribution < 1.29 is 33.9 Å². The van der Waals surface area contributed by atoms with E-state index in [1.807, 2.05) is 24.3 Å². The summed E-state index contributed by atoms with van der Waals surface area (Å²) in [6.07, 6.45) is 0.672. The molecule has 0 bridgehead atoms. The molecule has 43 heavy (non-hydrogen) atoms. The van der Waals surface area contributed by atoms with Crippen molar-refractivity contribution in [3.05, 3.63) is 71.9 Å². The van der Waals surface area contributed by atoms with E-state index in [0.717, 1.165) is 16.5 Å². The Hall–Kier alpha value is -5.24. The molecule has 1 aromatic heterocycles. The van der Waals surface area contributed by atoms with Crippen LogP contribution in [0, 0.1) is 0 Å². The predicted octanol–water partition coefficient (Wildman–Crippen LogP) is -1.04. The molecule has 0 fully saturated rings. The molecule has 5 amide bonds. The Balaban J connectivity index is 1.78. The van der Waals surface area contributed by atoms with Crippen molar-refractivity contribution in [2.24, 2.45) is 17.2 Å². The zero-order valence-corrected chi connectivity index (χ0v) is 23.2. The summed E-state index contributed by atoms with van der Waals surface area (Å²) >= 11 is 0. The number of aromatic nitrogens is 1. The van der Waals surface area contributed by atoms with E-state index in [0.29, 0.717) is 5.56 Å². The number of hydrogen-bond donors (Lipinski definition) is 8. The number of aromatic amines is 1. The summed E-state index contributed by atoms with van der Waals surface area (Å²) in [4.78, 5) is 77.0. The molecule has 1 heterocycles. The number of carboxylic acid groups (broad SMARTS) is 1. The lowest BCUT2D eigenvalue weighted by Crippen LogP contribution is -2.58. The van der Waals surface area contributed by atoms with Crippen LogP contribution in [0.1, 0.15) is 30.4 Å². The molecule has 0 spiro atoms. The molecule has 2 aromatic carbocycles. The van der Waals surface area contributed by atoms with Crippen LogP contribution in [0.15, 0.2) is 60.8 Å². The highest BCUT2D eigenvalue weighted by molar-refractivity contribution is 5.95. The molecule has 228 valence electrons. The molecule has 0 saturated heterocycles. The Morgan fingerprint density at radius 1 is 0.744 bits per heavy atom. The molecule has 0 saturated carbocycles. The lowest BCUT2D eigenvalue weighted by atomic mass is 10.0. The standard InChI is InChI=1S/C29H35N7O7/c30-19(13-17-15-33-20-9-5-4-8-18(17)20)26(39)35-22(12-16-6-2-1-3-7-16)28(41)34-21(10-11-24(31)37)27(40)36-23(29(42)43)14-25(32)38/h1-9,15,19,21-23,33H,10-14,30H2,(H2,31,37)(H2,32,38)(H,34,41)(H,35,39)(H,36,40)(H,42,43). The van der Waals surface area contributed by atoms with Gasteiger partial charge in [0.15, 0.2) is 0 Å². The van der Waals surface area contributed by atoms with Crippen molar-refractivity contribution in [2.75, 3.05) is 0 Å². The fraction of sp³-hybridized carbons (Fsp3) is 0.310. The monoisotopic (exact) mass is 593 g/mol. The van der Waals surface area contributed by atoms with Crippen LogP contribution < -0.4 is 33.2 Å². The number of benzene rings is 2. The SMILES string of the molecule is NC(=O)CCC(NC(=O)C(Cc1ccccc1)NC(=O)C(N)Cc1c[nH]c2ccccc12)C(=O)NC(CC(N)=O)C(=O)O. The summed E-state index contributed by atoms with van der Waals surface area (Å²) < 4.78 is 0. The third-order valence-corrected chi connectivity index (χ3v) is 6.70. The summed E-state index contributed by atoms with van der Waals surface area (Å²) in [7, 11) is 0. The second-order valence-electron chi connectivity index (χ2n) is 10.1. The molecule has 0 aliphatic carbocycles. The summed E-state index contributed by atoms with van der Waals surface area (Å²) in [5, 5.41) is 17.5. The van der Waals surface area contributed by atoms with E-state index in [1.165, 1.54) is 0 Å². The van der Waals surface area contributed by atoms with Crippen LogP contribution in [0.25, 0.3) is 10.9 Å². The van der Waals surface area contributed by atoms with E-state index in [-0.39, 0.29) is 25.7 Å². The van der Waals surface area contributed by atoms with Crippen LogP contribution in [-0.2, 0) is 41.6 Å². The van der Waals surface area contributed by atoms with Gasteiger partial charge in [0.2, 0.25) is 29.5 Å². The van der Waals surface area contributed by atoms with E-state index in [2.05, 4.69) is 20.9 Å². The van der Waals surface area contributed by atoms with Crippen molar-refractivity contribution in [3.63, 3.8) is 0 Å². The summed E-state index contributed by atoms with van der Waals surface area (Å²) in [6, 6.07) is 11.0. The van der Waals surface area contributed by atoms with Gasteiger partial charge in [-0.05, 0) is 30.0 Å². The number of primary amides is 2. The van der Waals surface area contributed by atoms with Crippen molar-refractivity contribution in [3.8, 4) is 0 Å². The number of para-hydroxylation sites is 1. The zero-order valence-electron chi connectivity index (χ0n) is 23.2. The zero-order chi connectivity index (χ0) is 31.5. The van der Waals surface area contributed by atoms with Gasteiger partial charge >= 0.3 is 5.97 Å². The highest BCUT2D eigenvalue weighted by atomic mass is 16.4. The minimum atomic E-state index is -1.67. The van der Waals surface area contributed by atoms with Gasteiger partial charge in [-0.3, -0.25) is 24.0 Å². The number of nitrogens with two attached hydrogens (primary N) is 3. The molecule has 0 radical (unpaired) electrons. The fourth-order valence-corrected chi connectivity index (χ4v) is 4.47. The smallest absolute Gasteiger partial charge is 0.326 e. The van der Waals surface area contributed by atoms with Crippen molar-refractivity contribution in [1.82, 2.24) is 20.9 Å². The molecule has 3 aromatic rings. The van der Waals surface area contributed by atoms with Gasteiger partial charge in [0.25, 0.3) is 0 Å². The van der Waals surface area contributed by atoms with Crippen molar-refractivity contribution >= 4 is 46.4 Å². The molecule has 11 N–H and O–H groups in total. The maximum Gasteiger partial charge on any atom is 0.326 e. The van der Waals surface area contributed by atoms with Crippen LogP contribution in [0.5, 0.6) is 0 Å². The number of carbonyl (C=O) groups is 6. The lowest BCUT2D eigenvalue weighted by molar-refractivity contribution is -0.144. The number of aliphatic carboxylic acids is 1. The first-order chi connectivity index (χ1) is 20.4. The first kappa shape index (κ1) is 32.3. The number of carboxylic acids is 1. The predicted molar refractivity (Wildman–Crippen MR) is 156 cm³/mol. The van der Waals surface area contributed by atoms with Crippen LogP contribution in [0.4, 0.5) is 0 Å². The van der Waals surface area contributed by atoms with Crippen molar-refractivity contribution in [2.45, 2.75) is 56.3 Å². The fourth-order valence-electron chi connectivity index (χ4n) is 4.47. The van der Waals surface area contributed by atoms with Gasteiger partial charge < -0.3 is 43.2 Å². The molecule has 14 heteroatoms. The minimum absolute atomic E-state index is 0.0296. The number of carbonyl (C=O) groups excluding carboxylic acids is 5. The number of H-pyrrole nitrogens is 1. The Morgan fingerprint density at radius 3 is 2.00 bits per heavy atom. The summed E-state index contributed by atoms with van der Waals surface area (Å²) in [5.41, 5.74) is 18.9. The summed E-state index contributed by atoms with van der Waals surface area (Å²) in [5.74, 6) is -5.65. The minimum Gasteiger partial charge on any atom is -0.480 e. The Morgan fingerprint density at radius 2 is 1.35 bits per heavy atom. The number of hydrogen-bond acceptors (Lipinski definition) is 7. The van der Waals surface area contributed by atoms with Crippen molar-refractivity contribution in [1.29, 1.82) is 0 Å². The van der Waals surface area contributed by atoms with Gasteiger partial charge in [-0.2, -0.15) is 0 Å². The Labute approximate surface area is 246 Å². The topological polar surface area (TPSA) is 253 Å². The largest absolute Gasteiger partial charge is 0.480 e. The third-order valence-electron chi connectivity index (χ3n) is 6.70. The highest BCUT2D eigenvalue weighted by Crippen LogP contribution is 2.19. The maximum atomic E-state index is 13.5. The van der Waals surface area contributed by atoms with Crippen LogP contribution in [-0.4, -0.2) is 69.8 Å². The van der Waals surface area contributed by atoms with Crippen LogP contribution >= 0.6 is 0 Å². The lowest BCUT2D eigenvalue weighted by Gasteiger charge is -2.25. The van der Waals surface area contributed by atoms with E-state index in [9.17, 15) is 33.9 Å². The van der Waals surface area contributed by atoms with Gasteiger partial charge in [0.1, 0.15) is 18.1 Å². The first-order valence-electron chi connectivity index (χ1n) is 13.5. The van der Waals surface area contributed by atoms with E-state index < -0.39 is 66.1 Å². The van der Waals surface area contributed by atoms with E-state index in [1.54, 1.807) is 36.5 Å². The molecule has 4 atom stereocenters. The second kappa shape index (κ2) is 15.1. The third kappa shape index (κ3) is 9.67. The molecule has 4 unspecified atom stereocenters. The number of fused-ring (bicyclic) bond motifs is 1. The number of nitrogens with one attached hydrogen (secondary N) is 4.